The highest BCUT2D eigenvalue weighted by Gasteiger charge is 2.15. The van der Waals surface area contributed by atoms with Gasteiger partial charge in [0, 0.05) is 11.6 Å². The summed E-state index contributed by atoms with van der Waals surface area (Å²) in [4.78, 5) is 0. The van der Waals surface area contributed by atoms with Crippen LogP contribution in [0.3, 0.4) is 0 Å². The van der Waals surface area contributed by atoms with E-state index in [1.807, 2.05) is 13.8 Å². The molecule has 0 aliphatic carbocycles. The first-order valence-corrected chi connectivity index (χ1v) is 6.42. The molecule has 0 heterocycles. The molecule has 0 saturated heterocycles. The average molecular weight is 269 g/mol. The van der Waals surface area contributed by atoms with Crippen LogP contribution in [0.25, 0.3) is 0 Å². The number of hydrogen-bond donors (Lipinski definition) is 1. The summed E-state index contributed by atoms with van der Waals surface area (Å²) < 4.78 is 13.4. The third-order valence-corrected chi connectivity index (χ3v) is 3.01. The van der Waals surface area contributed by atoms with Gasteiger partial charge in [-0.05, 0) is 44.9 Å². The number of anilines is 1. The molecule has 4 heteroatoms. The van der Waals surface area contributed by atoms with Crippen molar-refractivity contribution < 1.29 is 4.39 Å². The first-order chi connectivity index (χ1) is 8.44. The molecule has 0 saturated carbocycles. The summed E-state index contributed by atoms with van der Waals surface area (Å²) in [6.07, 6.45) is 2.71. The molecule has 0 aliphatic heterocycles. The minimum atomic E-state index is -0.333. The molecule has 0 unspecified atom stereocenters. The van der Waals surface area contributed by atoms with Gasteiger partial charge in [-0.15, -0.1) is 0 Å². The standard InChI is InChI=1S/C14H18ClFN2/c1-14(2,10-17)7-3-4-8-18-13-6-5-11(15)9-12(13)16/h5-6,9,18H,3-4,7-8H2,1-2H3. The predicted octanol–water partition coefficient (Wildman–Crippen LogP) is 4.61. The zero-order valence-electron chi connectivity index (χ0n) is 10.8. The second-order valence-electron chi connectivity index (χ2n) is 5.00. The third-order valence-electron chi connectivity index (χ3n) is 2.78. The van der Waals surface area contributed by atoms with Crippen LogP contribution in [0, 0.1) is 22.6 Å². The molecule has 1 rings (SSSR count). The van der Waals surface area contributed by atoms with Gasteiger partial charge in [0.2, 0.25) is 0 Å². The Morgan fingerprint density at radius 1 is 1.39 bits per heavy atom. The lowest BCUT2D eigenvalue weighted by Crippen LogP contribution is -2.09. The Bertz CT molecular complexity index is 438. The van der Waals surface area contributed by atoms with Gasteiger partial charge >= 0.3 is 0 Å². The van der Waals surface area contributed by atoms with E-state index < -0.39 is 0 Å². The van der Waals surface area contributed by atoms with Crippen molar-refractivity contribution in [3.63, 3.8) is 0 Å². The first kappa shape index (κ1) is 14.8. The number of nitriles is 1. The molecule has 0 fully saturated rings. The number of nitrogens with one attached hydrogen (secondary N) is 1. The highest BCUT2D eigenvalue weighted by molar-refractivity contribution is 6.30. The maximum atomic E-state index is 13.4. The molecule has 0 spiro atoms. The Balaban J connectivity index is 2.29. The van der Waals surface area contributed by atoms with E-state index in [2.05, 4.69) is 11.4 Å². The van der Waals surface area contributed by atoms with Gasteiger partial charge in [0.15, 0.2) is 0 Å². The van der Waals surface area contributed by atoms with Gasteiger partial charge in [-0.1, -0.05) is 18.0 Å². The third kappa shape index (κ3) is 4.93. The van der Waals surface area contributed by atoms with Gasteiger partial charge in [0.05, 0.1) is 17.2 Å². The molecule has 98 valence electrons. The second-order valence-corrected chi connectivity index (χ2v) is 5.44. The molecule has 0 amide bonds. The number of rotatable bonds is 6. The van der Waals surface area contributed by atoms with Crippen molar-refractivity contribution >= 4 is 17.3 Å². The zero-order chi connectivity index (χ0) is 13.6. The monoisotopic (exact) mass is 268 g/mol. The van der Waals surface area contributed by atoms with Crippen LogP contribution in [0.2, 0.25) is 5.02 Å². The van der Waals surface area contributed by atoms with E-state index in [4.69, 9.17) is 16.9 Å². The quantitative estimate of drug-likeness (QED) is 0.765. The Morgan fingerprint density at radius 3 is 2.72 bits per heavy atom. The lowest BCUT2D eigenvalue weighted by molar-refractivity contribution is 0.430. The van der Waals surface area contributed by atoms with Gasteiger partial charge in [-0.2, -0.15) is 5.26 Å². The zero-order valence-corrected chi connectivity index (χ0v) is 11.5. The normalized spacial score (nSPS) is 11.1. The van der Waals surface area contributed by atoms with Crippen LogP contribution >= 0.6 is 11.6 Å². The summed E-state index contributed by atoms with van der Waals surface area (Å²) in [5, 5.41) is 12.3. The summed E-state index contributed by atoms with van der Waals surface area (Å²) in [7, 11) is 0. The van der Waals surface area contributed by atoms with Crippen molar-refractivity contribution in [2.24, 2.45) is 5.41 Å². The summed E-state index contributed by atoms with van der Waals surface area (Å²) in [5.41, 5.74) is 0.199. The smallest absolute Gasteiger partial charge is 0.147 e. The molecule has 18 heavy (non-hydrogen) atoms. The lowest BCUT2D eigenvalue weighted by atomic mass is 9.89. The number of benzene rings is 1. The van der Waals surface area contributed by atoms with Crippen molar-refractivity contribution in [1.29, 1.82) is 5.26 Å². The Morgan fingerprint density at radius 2 is 2.11 bits per heavy atom. The van der Waals surface area contributed by atoms with Crippen molar-refractivity contribution in [3.05, 3.63) is 29.0 Å². The van der Waals surface area contributed by atoms with E-state index in [-0.39, 0.29) is 11.2 Å². The average Bonchev–Trinajstić information content (AvgIpc) is 2.31. The van der Waals surface area contributed by atoms with Crippen LogP contribution in [-0.4, -0.2) is 6.54 Å². The molecule has 1 N–H and O–H groups in total. The van der Waals surface area contributed by atoms with Crippen molar-refractivity contribution in [2.45, 2.75) is 33.1 Å². The molecule has 0 aliphatic rings. The molecular formula is C14H18ClFN2. The Hall–Kier alpha value is -1.27. The summed E-state index contributed by atoms with van der Waals surface area (Å²) in [6, 6.07) is 6.86. The highest BCUT2D eigenvalue weighted by atomic mass is 35.5. The molecule has 0 atom stereocenters. The van der Waals surface area contributed by atoms with Crippen LogP contribution in [0.1, 0.15) is 33.1 Å². The van der Waals surface area contributed by atoms with Crippen molar-refractivity contribution in [2.75, 3.05) is 11.9 Å². The molecule has 1 aromatic carbocycles. The van der Waals surface area contributed by atoms with Gasteiger partial charge in [0.1, 0.15) is 5.82 Å². The summed E-state index contributed by atoms with van der Waals surface area (Å²) >= 11 is 5.67. The fourth-order valence-electron chi connectivity index (χ4n) is 1.60. The lowest BCUT2D eigenvalue weighted by Gasteiger charge is -2.14. The number of hydrogen-bond acceptors (Lipinski definition) is 2. The van der Waals surface area contributed by atoms with Gasteiger partial charge in [-0.3, -0.25) is 0 Å². The largest absolute Gasteiger partial charge is 0.383 e. The van der Waals surface area contributed by atoms with Crippen molar-refractivity contribution in [3.8, 4) is 6.07 Å². The van der Waals surface area contributed by atoms with E-state index >= 15 is 0 Å². The van der Waals surface area contributed by atoms with E-state index in [9.17, 15) is 4.39 Å². The SMILES string of the molecule is CC(C)(C#N)CCCCNc1ccc(Cl)cc1F. The summed E-state index contributed by atoms with van der Waals surface area (Å²) in [5.74, 6) is -0.333. The fourth-order valence-corrected chi connectivity index (χ4v) is 1.76. The highest BCUT2D eigenvalue weighted by Crippen LogP contribution is 2.22. The Kier molecular flexibility index (Phi) is 5.43. The Labute approximate surface area is 113 Å². The minimum absolute atomic E-state index is 0.272. The first-order valence-electron chi connectivity index (χ1n) is 6.05. The molecule has 2 nitrogen and oxygen atoms in total. The maximum Gasteiger partial charge on any atom is 0.147 e. The molecule has 1 aromatic rings. The van der Waals surface area contributed by atoms with E-state index in [0.29, 0.717) is 17.3 Å². The van der Waals surface area contributed by atoms with E-state index in [1.165, 1.54) is 6.07 Å². The molecule has 0 radical (unpaired) electrons. The summed E-state index contributed by atoms with van der Waals surface area (Å²) in [6.45, 7) is 4.55. The van der Waals surface area contributed by atoms with E-state index in [0.717, 1.165) is 19.3 Å². The minimum Gasteiger partial charge on any atom is -0.383 e. The van der Waals surface area contributed by atoms with Gasteiger partial charge in [0.25, 0.3) is 0 Å². The number of nitrogens with zero attached hydrogens (tertiary/aromatic N) is 1. The number of halogens is 2. The van der Waals surface area contributed by atoms with Crippen LogP contribution in [0.4, 0.5) is 10.1 Å². The van der Waals surface area contributed by atoms with Crippen LogP contribution in [0.5, 0.6) is 0 Å². The van der Waals surface area contributed by atoms with Crippen LogP contribution < -0.4 is 5.32 Å². The molecular weight excluding hydrogens is 251 g/mol. The molecule has 0 aromatic heterocycles. The van der Waals surface area contributed by atoms with Crippen LogP contribution in [0.15, 0.2) is 18.2 Å². The number of unbranched alkanes of at least 4 members (excludes halogenated alkanes) is 1. The maximum absolute atomic E-state index is 13.4. The van der Waals surface area contributed by atoms with Crippen LogP contribution in [-0.2, 0) is 0 Å². The fraction of sp³-hybridized carbons (Fsp3) is 0.500. The second kappa shape index (κ2) is 6.61. The topological polar surface area (TPSA) is 35.8 Å². The predicted molar refractivity (Wildman–Crippen MR) is 73.1 cm³/mol. The van der Waals surface area contributed by atoms with Crippen molar-refractivity contribution in [1.82, 2.24) is 0 Å². The van der Waals surface area contributed by atoms with E-state index in [1.54, 1.807) is 12.1 Å². The van der Waals surface area contributed by atoms with Gasteiger partial charge < -0.3 is 5.32 Å². The van der Waals surface area contributed by atoms with Gasteiger partial charge in [-0.25, -0.2) is 4.39 Å². The molecule has 0 bridgehead atoms.